The van der Waals surface area contributed by atoms with Gasteiger partial charge in [-0.1, -0.05) is 74.9 Å². The van der Waals surface area contributed by atoms with Crippen LogP contribution in [0.25, 0.3) is 0 Å². The number of allylic oxidation sites excluding steroid dienone is 3. The third-order valence-electron chi connectivity index (χ3n) is 8.33. The summed E-state index contributed by atoms with van der Waals surface area (Å²) in [5.41, 5.74) is 4.09. The van der Waals surface area contributed by atoms with Crippen LogP contribution in [0.4, 0.5) is 5.69 Å². The Labute approximate surface area is 240 Å². The van der Waals surface area contributed by atoms with Gasteiger partial charge in [-0.05, 0) is 87.6 Å². The number of likely N-dealkylation sites (tertiary alicyclic amines) is 1. The van der Waals surface area contributed by atoms with Crippen LogP contribution in [-0.4, -0.2) is 40.0 Å². The van der Waals surface area contributed by atoms with Gasteiger partial charge in [-0.2, -0.15) is 0 Å². The molecule has 5 nitrogen and oxygen atoms in total. The van der Waals surface area contributed by atoms with Crippen LogP contribution in [0.3, 0.4) is 0 Å². The predicted octanol–water partition coefficient (Wildman–Crippen LogP) is 7.21. The largest absolute Gasteiger partial charge is 0.390 e. The predicted molar refractivity (Wildman–Crippen MR) is 163 cm³/mol. The molecule has 2 aromatic rings. The minimum absolute atomic E-state index is 0.000497. The van der Waals surface area contributed by atoms with Crippen molar-refractivity contribution >= 4 is 17.5 Å². The van der Waals surface area contributed by atoms with E-state index in [4.69, 9.17) is 0 Å². The van der Waals surface area contributed by atoms with Gasteiger partial charge in [0.1, 0.15) is 0 Å². The van der Waals surface area contributed by atoms with Crippen LogP contribution in [-0.2, 0) is 10.2 Å². The van der Waals surface area contributed by atoms with Crippen molar-refractivity contribution in [2.24, 2.45) is 11.8 Å². The van der Waals surface area contributed by atoms with E-state index in [1.807, 2.05) is 62.1 Å². The first-order valence-electron chi connectivity index (χ1n) is 14.7. The van der Waals surface area contributed by atoms with Crippen LogP contribution in [0.15, 0.2) is 72.3 Å². The van der Waals surface area contributed by atoms with Crippen molar-refractivity contribution in [2.75, 3.05) is 11.9 Å². The molecular weight excluding hydrogens is 496 g/mol. The van der Waals surface area contributed by atoms with E-state index in [0.29, 0.717) is 18.5 Å². The molecule has 5 heteroatoms. The number of hydrogen-bond acceptors (Lipinski definition) is 3. The van der Waals surface area contributed by atoms with E-state index >= 15 is 0 Å². The van der Waals surface area contributed by atoms with Gasteiger partial charge in [0.15, 0.2) is 0 Å². The van der Waals surface area contributed by atoms with Gasteiger partial charge in [0.25, 0.3) is 5.91 Å². The third-order valence-corrected chi connectivity index (χ3v) is 8.33. The highest BCUT2D eigenvalue weighted by Crippen LogP contribution is 2.37. The first-order chi connectivity index (χ1) is 18.8. The second kappa shape index (κ2) is 12.1. The van der Waals surface area contributed by atoms with E-state index in [9.17, 15) is 14.7 Å². The quantitative estimate of drug-likeness (QED) is 0.389. The molecule has 0 spiro atoms. The number of aliphatic hydroxyl groups is 1. The molecule has 0 saturated carbocycles. The highest BCUT2D eigenvalue weighted by atomic mass is 16.3. The van der Waals surface area contributed by atoms with Crippen molar-refractivity contribution in [3.8, 4) is 0 Å². The topological polar surface area (TPSA) is 69.6 Å². The fourth-order valence-electron chi connectivity index (χ4n) is 5.91. The van der Waals surface area contributed by atoms with E-state index in [1.54, 1.807) is 0 Å². The zero-order valence-corrected chi connectivity index (χ0v) is 25.0. The van der Waals surface area contributed by atoms with Gasteiger partial charge in [0, 0.05) is 23.7 Å². The van der Waals surface area contributed by atoms with Gasteiger partial charge < -0.3 is 15.3 Å². The number of hydrogen-bond donors (Lipinski definition) is 2. The first kappa shape index (κ1) is 29.8. The van der Waals surface area contributed by atoms with Gasteiger partial charge in [0.05, 0.1) is 17.6 Å². The molecule has 2 aromatic carbocycles. The van der Waals surface area contributed by atoms with Crippen LogP contribution in [0, 0.1) is 18.8 Å². The lowest BCUT2D eigenvalue weighted by atomic mass is 9.76. The maximum absolute atomic E-state index is 14.0. The fraction of sp³-hybridized carbons (Fsp3) is 0.486. The molecule has 1 aliphatic carbocycles. The van der Waals surface area contributed by atoms with Gasteiger partial charge in [-0.25, -0.2) is 0 Å². The van der Waals surface area contributed by atoms with Crippen LogP contribution >= 0.6 is 0 Å². The van der Waals surface area contributed by atoms with Crippen LogP contribution in [0.2, 0.25) is 0 Å². The molecule has 0 bridgehead atoms. The van der Waals surface area contributed by atoms with E-state index in [0.717, 1.165) is 36.9 Å². The third kappa shape index (κ3) is 7.31. The molecular formula is C35H46N2O3. The van der Waals surface area contributed by atoms with E-state index in [1.165, 1.54) is 11.1 Å². The molecule has 40 heavy (non-hydrogen) atoms. The molecule has 2 unspecified atom stereocenters. The maximum Gasteiger partial charge on any atom is 0.254 e. The fourth-order valence-corrected chi connectivity index (χ4v) is 5.91. The molecule has 0 radical (unpaired) electrons. The van der Waals surface area contributed by atoms with Crippen molar-refractivity contribution < 1.29 is 14.7 Å². The molecule has 2 N–H and O–H groups in total. The van der Waals surface area contributed by atoms with Crippen molar-refractivity contribution in [2.45, 2.75) is 90.7 Å². The summed E-state index contributed by atoms with van der Waals surface area (Å²) in [5, 5.41) is 13.4. The number of benzene rings is 2. The van der Waals surface area contributed by atoms with E-state index in [2.05, 4.69) is 56.4 Å². The molecule has 2 amide bonds. The molecule has 2 aliphatic rings. The minimum atomic E-state index is -0.709. The van der Waals surface area contributed by atoms with Crippen molar-refractivity contribution in [1.29, 1.82) is 0 Å². The van der Waals surface area contributed by atoms with Crippen LogP contribution in [0.1, 0.15) is 88.2 Å². The SMILES string of the molecule is Cc1ccccc1C(=O)N1CCCC(C(=O)Nc2cccc(C(C)(C)C)c2)[C@@H]1C1C=CC(CCC(C)(C)O)=CC1. The first-order valence-corrected chi connectivity index (χ1v) is 14.7. The lowest BCUT2D eigenvalue weighted by molar-refractivity contribution is -0.123. The van der Waals surface area contributed by atoms with E-state index in [-0.39, 0.29) is 35.1 Å². The lowest BCUT2D eigenvalue weighted by Gasteiger charge is -2.44. The van der Waals surface area contributed by atoms with Crippen molar-refractivity contribution in [3.63, 3.8) is 0 Å². The Morgan fingerprint density at radius 3 is 2.45 bits per heavy atom. The summed E-state index contributed by atoms with van der Waals surface area (Å²) in [6, 6.07) is 15.6. The van der Waals surface area contributed by atoms with Gasteiger partial charge in [-0.15, -0.1) is 0 Å². The average molecular weight is 543 g/mol. The van der Waals surface area contributed by atoms with Gasteiger partial charge in [0.2, 0.25) is 5.91 Å². The van der Waals surface area contributed by atoms with Crippen LogP contribution in [0.5, 0.6) is 0 Å². The summed E-state index contributed by atoms with van der Waals surface area (Å²) in [4.78, 5) is 29.8. The molecule has 4 rings (SSSR count). The standard InChI is InChI=1S/C35H46N2O3/c1-24-11-7-8-14-29(24)33(39)37-22-10-15-30(32(38)36-28-13-9-12-27(23-28)34(2,3)4)31(37)26-18-16-25(17-19-26)20-21-35(5,6)40/h7-9,11-14,16-18,23,26,30-31,40H,10,15,19-22H2,1-6H3,(H,36,38)/t26?,30?,31-/m0/s1. The highest BCUT2D eigenvalue weighted by Gasteiger charge is 2.42. The molecule has 1 aliphatic heterocycles. The normalized spacial score (nSPS) is 21.6. The molecule has 1 heterocycles. The second-order valence-corrected chi connectivity index (χ2v) is 13.2. The summed E-state index contributed by atoms with van der Waals surface area (Å²) in [7, 11) is 0. The monoisotopic (exact) mass is 542 g/mol. The smallest absolute Gasteiger partial charge is 0.254 e. The van der Waals surface area contributed by atoms with E-state index < -0.39 is 5.60 Å². The Hall–Kier alpha value is -3.18. The zero-order chi connectivity index (χ0) is 29.1. The number of aryl methyl sites for hydroxylation is 1. The Morgan fingerprint density at radius 2 is 1.80 bits per heavy atom. The summed E-state index contributed by atoms with van der Waals surface area (Å²) in [6.07, 6.45) is 10.3. The Balaban J connectivity index is 1.61. The lowest BCUT2D eigenvalue weighted by Crippen LogP contribution is -2.55. The number of piperidine rings is 1. The Morgan fingerprint density at radius 1 is 1.05 bits per heavy atom. The number of carbonyl (C=O) groups excluding carboxylic acids is 2. The Kier molecular flexibility index (Phi) is 9.04. The number of anilines is 1. The van der Waals surface area contributed by atoms with Gasteiger partial charge >= 0.3 is 0 Å². The summed E-state index contributed by atoms with van der Waals surface area (Å²) >= 11 is 0. The molecule has 3 atom stereocenters. The number of amides is 2. The van der Waals surface area contributed by atoms with Crippen molar-refractivity contribution in [1.82, 2.24) is 4.90 Å². The van der Waals surface area contributed by atoms with Crippen LogP contribution < -0.4 is 5.32 Å². The number of nitrogens with zero attached hydrogens (tertiary/aromatic N) is 1. The molecule has 214 valence electrons. The maximum atomic E-state index is 14.0. The summed E-state index contributed by atoms with van der Waals surface area (Å²) in [5.74, 6) is -0.305. The molecule has 0 aromatic heterocycles. The molecule has 1 saturated heterocycles. The highest BCUT2D eigenvalue weighted by molar-refractivity contribution is 5.98. The average Bonchev–Trinajstić information content (AvgIpc) is 2.91. The number of nitrogens with one attached hydrogen (secondary N) is 1. The summed E-state index contributed by atoms with van der Waals surface area (Å²) in [6.45, 7) is 12.8. The Bertz CT molecular complexity index is 1280. The van der Waals surface area contributed by atoms with Crippen molar-refractivity contribution in [3.05, 3.63) is 89.0 Å². The zero-order valence-electron chi connectivity index (χ0n) is 25.0. The number of carbonyl (C=O) groups is 2. The minimum Gasteiger partial charge on any atom is -0.390 e. The second-order valence-electron chi connectivity index (χ2n) is 13.2. The summed E-state index contributed by atoms with van der Waals surface area (Å²) < 4.78 is 0. The van der Waals surface area contributed by atoms with Gasteiger partial charge in [-0.3, -0.25) is 9.59 Å². The molecule has 1 fully saturated rings. The number of rotatable bonds is 7.